The number of sulfonamides is 1. The van der Waals surface area contributed by atoms with Gasteiger partial charge in [-0.05, 0) is 35.9 Å². The van der Waals surface area contributed by atoms with Crippen LogP contribution in [0, 0.1) is 0 Å². The zero-order valence-electron chi connectivity index (χ0n) is 18.7. The molecule has 1 aliphatic heterocycles. The lowest BCUT2D eigenvalue weighted by molar-refractivity contribution is -0.137. The highest BCUT2D eigenvalue weighted by Crippen LogP contribution is 2.29. The zero-order chi connectivity index (χ0) is 24.2. The van der Waals surface area contributed by atoms with Crippen molar-refractivity contribution < 1.29 is 26.4 Å². The van der Waals surface area contributed by atoms with Crippen LogP contribution in [-0.2, 0) is 22.7 Å². The average molecular weight is 484 g/mol. The molecular weight excluding hydrogens is 455 g/mol. The van der Waals surface area contributed by atoms with Crippen molar-refractivity contribution in [2.45, 2.75) is 31.5 Å². The van der Waals surface area contributed by atoms with Crippen LogP contribution >= 0.6 is 0 Å². The maximum absolute atomic E-state index is 13.0. The Morgan fingerprint density at radius 3 is 2.12 bits per heavy atom. The molecule has 0 N–H and O–H groups in total. The van der Waals surface area contributed by atoms with Gasteiger partial charge in [-0.25, -0.2) is 8.42 Å². The third kappa shape index (κ3) is 5.93. The van der Waals surface area contributed by atoms with Crippen molar-refractivity contribution in [3.63, 3.8) is 0 Å². The minimum atomic E-state index is -4.35. The molecule has 1 saturated heterocycles. The zero-order valence-corrected chi connectivity index (χ0v) is 19.5. The lowest BCUT2D eigenvalue weighted by atomic mass is 10.1. The third-order valence-electron chi connectivity index (χ3n) is 5.77. The van der Waals surface area contributed by atoms with E-state index in [4.69, 9.17) is 0 Å². The molecule has 0 atom stereocenters. The van der Waals surface area contributed by atoms with Crippen molar-refractivity contribution in [2.24, 2.45) is 0 Å². The second-order valence-corrected chi connectivity index (χ2v) is 9.82. The molecule has 3 rings (SSSR count). The lowest BCUT2D eigenvalue weighted by Gasteiger charge is -2.35. The fraction of sp³-hybridized carbons (Fsp3) is 0.435. The number of alkyl halides is 3. The molecule has 10 heteroatoms. The summed E-state index contributed by atoms with van der Waals surface area (Å²) >= 11 is 0. The number of rotatable bonds is 7. The molecule has 1 amide bonds. The quantitative estimate of drug-likeness (QED) is 0.603. The predicted octanol–water partition coefficient (Wildman–Crippen LogP) is 3.69. The topological polar surface area (TPSA) is 60.9 Å². The second-order valence-electron chi connectivity index (χ2n) is 7.88. The highest BCUT2D eigenvalue weighted by atomic mass is 32.2. The summed E-state index contributed by atoms with van der Waals surface area (Å²) in [4.78, 5) is 16.8. The molecule has 0 aliphatic carbocycles. The van der Waals surface area contributed by atoms with Gasteiger partial charge in [0.15, 0.2) is 0 Å². The number of hydrogen-bond acceptors (Lipinski definition) is 4. The Hall–Kier alpha value is -2.43. The van der Waals surface area contributed by atoms with E-state index in [1.165, 1.54) is 28.6 Å². The molecule has 0 radical (unpaired) electrons. The number of amides is 1. The van der Waals surface area contributed by atoms with Gasteiger partial charge < -0.3 is 4.90 Å². The number of hydrogen-bond donors (Lipinski definition) is 0. The van der Waals surface area contributed by atoms with E-state index in [9.17, 15) is 26.4 Å². The van der Waals surface area contributed by atoms with Crippen LogP contribution in [0.25, 0.3) is 0 Å². The van der Waals surface area contributed by atoms with Gasteiger partial charge in [-0.2, -0.15) is 17.5 Å². The van der Waals surface area contributed by atoms with Gasteiger partial charge >= 0.3 is 6.18 Å². The van der Waals surface area contributed by atoms with E-state index < -0.39 is 21.8 Å². The van der Waals surface area contributed by atoms with E-state index in [0.29, 0.717) is 51.4 Å². The number of piperazine rings is 1. The highest BCUT2D eigenvalue weighted by Gasteiger charge is 2.30. The van der Waals surface area contributed by atoms with Crippen LogP contribution in [0.2, 0.25) is 0 Å². The molecule has 6 nitrogen and oxygen atoms in total. The van der Waals surface area contributed by atoms with Crippen molar-refractivity contribution in [2.75, 3.05) is 39.3 Å². The van der Waals surface area contributed by atoms with E-state index in [0.717, 1.165) is 17.7 Å². The van der Waals surface area contributed by atoms with Gasteiger partial charge in [-0.1, -0.05) is 32.0 Å². The lowest BCUT2D eigenvalue weighted by Crippen LogP contribution is -2.48. The van der Waals surface area contributed by atoms with E-state index in [1.54, 1.807) is 30.9 Å². The average Bonchev–Trinajstić information content (AvgIpc) is 2.79. The van der Waals surface area contributed by atoms with Gasteiger partial charge in [-0.3, -0.25) is 9.69 Å². The number of nitrogens with zero attached hydrogens (tertiary/aromatic N) is 3. The van der Waals surface area contributed by atoms with Gasteiger partial charge in [0, 0.05) is 51.4 Å². The molecular formula is C23H28F3N3O3S. The number of halogens is 3. The van der Waals surface area contributed by atoms with E-state index in [2.05, 4.69) is 4.90 Å². The maximum atomic E-state index is 13.0. The number of carbonyl (C=O) groups excluding carboxylic acids is 1. The van der Waals surface area contributed by atoms with Gasteiger partial charge in [0.05, 0.1) is 10.5 Å². The van der Waals surface area contributed by atoms with E-state index in [-0.39, 0.29) is 10.8 Å². The summed E-state index contributed by atoms with van der Waals surface area (Å²) in [7, 11) is -3.66. The summed E-state index contributed by atoms with van der Waals surface area (Å²) in [6, 6.07) is 11.2. The molecule has 1 aliphatic rings. The van der Waals surface area contributed by atoms with Gasteiger partial charge in [0.2, 0.25) is 10.0 Å². The summed E-state index contributed by atoms with van der Waals surface area (Å²) in [6.07, 6.45) is -4.35. The molecule has 2 aromatic carbocycles. The van der Waals surface area contributed by atoms with Crippen LogP contribution < -0.4 is 0 Å². The monoisotopic (exact) mass is 483 g/mol. The van der Waals surface area contributed by atoms with Crippen molar-refractivity contribution in [3.8, 4) is 0 Å². The van der Waals surface area contributed by atoms with Gasteiger partial charge in [0.1, 0.15) is 0 Å². The molecule has 0 bridgehead atoms. The van der Waals surface area contributed by atoms with Gasteiger partial charge in [-0.15, -0.1) is 0 Å². The Balaban J connectivity index is 1.62. The Morgan fingerprint density at radius 1 is 0.970 bits per heavy atom. The minimum absolute atomic E-state index is 0.0954. The normalized spacial score (nSPS) is 15.8. The fourth-order valence-electron chi connectivity index (χ4n) is 3.85. The van der Waals surface area contributed by atoms with Crippen LogP contribution in [0.15, 0.2) is 53.4 Å². The second kappa shape index (κ2) is 10.2. The molecule has 180 valence electrons. The smallest absolute Gasteiger partial charge is 0.336 e. The summed E-state index contributed by atoms with van der Waals surface area (Å²) in [5.74, 6) is -0.235. The minimum Gasteiger partial charge on any atom is -0.336 e. The Labute approximate surface area is 192 Å². The first-order valence-electron chi connectivity index (χ1n) is 10.8. The molecule has 0 spiro atoms. The molecule has 1 heterocycles. The molecule has 0 saturated carbocycles. The molecule has 2 aromatic rings. The van der Waals surface area contributed by atoms with E-state index in [1.807, 2.05) is 0 Å². The van der Waals surface area contributed by atoms with Crippen LogP contribution in [0.4, 0.5) is 13.2 Å². The third-order valence-corrected chi connectivity index (χ3v) is 7.82. The maximum Gasteiger partial charge on any atom is 0.416 e. The van der Waals surface area contributed by atoms with Crippen LogP contribution in [0.1, 0.15) is 35.3 Å². The Morgan fingerprint density at radius 2 is 1.58 bits per heavy atom. The molecule has 33 heavy (non-hydrogen) atoms. The van der Waals surface area contributed by atoms with Crippen LogP contribution in [-0.4, -0.2) is 67.7 Å². The van der Waals surface area contributed by atoms with Crippen LogP contribution in [0.5, 0.6) is 0 Å². The van der Waals surface area contributed by atoms with E-state index >= 15 is 0 Å². The first-order chi connectivity index (χ1) is 15.6. The molecule has 1 fully saturated rings. The van der Waals surface area contributed by atoms with Crippen molar-refractivity contribution in [3.05, 3.63) is 65.2 Å². The summed E-state index contributed by atoms with van der Waals surface area (Å²) < 4.78 is 65.0. The highest BCUT2D eigenvalue weighted by molar-refractivity contribution is 7.89. The predicted molar refractivity (Wildman–Crippen MR) is 119 cm³/mol. The van der Waals surface area contributed by atoms with Crippen molar-refractivity contribution in [1.82, 2.24) is 14.1 Å². The number of carbonyl (C=O) groups is 1. The fourth-order valence-corrected chi connectivity index (χ4v) is 5.36. The SMILES string of the molecule is CCN(CC)S(=O)(=O)c1cccc(C(=O)N2CCN(Cc3ccc(C(F)(F)F)cc3)CC2)c1. The first-order valence-corrected chi connectivity index (χ1v) is 12.3. The number of benzene rings is 2. The Bertz CT molecular complexity index is 1060. The van der Waals surface area contributed by atoms with Crippen molar-refractivity contribution >= 4 is 15.9 Å². The standard InChI is InChI=1S/C23H28F3N3O3S/c1-3-29(4-2)33(31,32)21-7-5-6-19(16-21)22(30)28-14-12-27(13-15-28)17-18-8-10-20(11-9-18)23(24,25)26/h5-11,16H,3-4,12-15,17H2,1-2H3. The molecule has 0 aromatic heterocycles. The Kier molecular flexibility index (Phi) is 7.81. The summed E-state index contributed by atoms with van der Waals surface area (Å²) in [6.45, 7) is 6.77. The van der Waals surface area contributed by atoms with Gasteiger partial charge in [0.25, 0.3) is 5.91 Å². The van der Waals surface area contributed by atoms with Crippen molar-refractivity contribution in [1.29, 1.82) is 0 Å². The summed E-state index contributed by atoms with van der Waals surface area (Å²) in [5.41, 5.74) is 0.420. The van der Waals surface area contributed by atoms with Crippen LogP contribution in [0.3, 0.4) is 0 Å². The molecule has 0 unspecified atom stereocenters. The summed E-state index contributed by atoms with van der Waals surface area (Å²) in [5, 5.41) is 0. The largest absolute Gasteiger partial charge is 0.416 e. The first kappa shape index (κ1) is 25.2.